The summed E-state index contributed by atoms with van der Waals surface area (Å²) in [6, 6.07) is -1.26. The molecule has 0 unspecified atom stereocenters. The molecule has 0 aliphatic rings. The number of nitrogens with one attached hydrogen (secondary N) is 6. The van der Waals surface area contributed by atoms with Crippen molar-refractivity contribution < 1.29 is 48.9 Å². The first-order chi connectivity index (χ1) is 23.5. The Morgan fingerprint density at radius 3 is 1.84 bits per heavy atom. The molecule has 5 atom stereocenters. The zero-order chi connectivity index (χ0) is 37.5. The molecule has 18 heteroatoms. The predicted octanol–water partition coefficient (Wildman–Crippen LogP) is -1.46. The minimum atomic E-state index is -1.73. The lowest BCUT2D eigenvalue weighted by Gasteiger charge is -2.28. The number of imidazole rings is 1. The third kappa shape index (κ3) is 13.5. The maximum Gasteiger partial charge on any atom is 0.326 e. The van der Waals surface area contributed by atoms with Crippen LogP contribution in [0.15, 0.2) is 36.8 Å². The fourth-order valence-corrected chi connectivity index (χ4v) is 4.83. The highest BCUT2D eigenvalue weighted by Gasteiger charge is 2.34. The molecule has 0 saturated heterocycles. The highest BCUT2D eigenvalue weighted by atomic mass is 16.4. The van der Waals surface area contributed by atoms with Gasteiger partial charge in [-0.15, -0.1) is 0 Å². The van der Waals surface area contributed by atoms with Crippen LogP contribution in [0.2, 0.25) is 0 Å². The van der Waals surface area contributed by atoms with E-state index in [2.05, 4.69) is 36.6 Å². The van der Waals surface area contributed by atoms with Gasteiger partial charge < -0.3 is 52.6 Å². The number of carbonyl (C=O) groups is 7. The van der Waals surface area contributed by atoms with E-state index < -0.39 is 84.0 Å². The number of aliphatic carboxylic acids is 2. The number of aromatic amines is 1. The molecule has 274 valence electrons. The van der Waals surface area contributed by atoms with Gasteiger partial charge in [-0.05, 0) is 36.0 Å². The number of carboxylic acids is 2. The number of phenols is 1. The predicted molar refractivity (Wildman–Crippen MR) is 177 cm³/mol. The summed E-state index contributed by atoms with van der Waals surface area (Å²) in [5, 5.41) is 41.1. The lowest BCUT2D eigenvalue weighted by molar-refractivity contribution is -0.143. The fourth-order valence-electron chi connectivity index (χ4n) is 4.83. The van der Waals surface area contributed by atoms with Gasteiger partial charge in [-0.1, -0.05) is 39.8 Å². The summed E-state index contributed by atoms with van der Waals surface area (Å²) in [4.78, 5) is 96.0. The Labute approximate surface area is 288 Å². The summed E-state index contributed by atoms with van der Waals surface area (Å²) in [6.45, 7) is 6.53. The average molecular weight is 703 g/mol. The number of phenolic OH excluding ortho intramolecular Hbond substituents is 1. The summed E-state index contributed by atoms with van der Waals surface area (Å²) in [5.41, 5.74) is 6.22. The molecule has 0 fully saturated rings. The Hall–Kier alpha value is -5.52. The largest absolute Gasteiger partial charge is 0.508 e. The minimum absolute atomic E-state index is 0.0383. The summed E-state index contributed by atoms with van der Waals surface area (Å²) >= 11 is 0. The first-order valence-electron chi connectivity index (χ1n) is 15.9. The van der Waals surface area contributed by atoms with Crippen LogP contribution in [-0.4, -0.2) is 104 Å². The first kappa shape index (κ1) is 40.7. The Bertz CT molecular complexity index is 1480. The van der Waals surface area contributed by atoms with Crippen LogP contribution in [0.1, 0.15) is 51.8 Å². The molecule has 0 radical (unpaired) electrons. The van der Waals surface area contributed by atoms with Crippen molar-refractivity contribution in [1.82, 2.24) is 36.6 Å². The Morgan fingerprint density at radius 1 is 0.760 bits per heavy atom. The van der Waals surface area contributed by atoms with Crippen LogP contribution >= 0.6 is 0 Å². The van der Waals surface area contributed by atoms with E-state index in [0.29, 0.717) is 11.3 Å². The van der Waals surface area contributed by atoms with Crippen molar-refractivity contribution in [3.8, 4) is 5.75 Å². The summed E-state index contributed by atoms with van der Waals surface area (Å²) in [5.74, 6) is -7.61. The number of hydrogen-bond donors (Lipinski definition) is 10. The number of amides is 5. The average Bonchev–Trinajstić information content (AvgIpc) is 3.55. The van der Waals surface area contributed by atoms with Crippen LogP contribution in [0.5, 0.6) is 5.75 Å². The number of rotatable bonds is 20. The standard InChI is InChI=1S/C32H46N8O10/c1-16(2)9-21(38-31(48)27(17(3)4)40-25(42)13-33)28(45)37-23(12-26(43)44)30(47)36-22(11-19-14-34-15-35-19)29(46)39-24(32(49)50)10-18-5-7-20(41)8-6-18/h5-8,14-17,21-24,27,41H,9-13,33H2,1-4H3,(H,34,35)(H,36,47)(H,37,45)(H,38,48)(H,39,46)(H,40,42)(H,43,44)(H,49,50)/t21-,22-,23-,24-,27-/m0/s1. The zero-order valence-corrected chi connectivity index (χ0v) is 28.3. The number of aromatic nitrogens is 2. The molecule has 2 aromatic rings. The second-order valence-electron chi connectivity index (χ2n) is 12.5. The van der Waals surface area contributed by atoms with Gasteiger partial charge in [0.1, 0.15) is 36.0 Å². The lowest BCUT2D eigenvalue weighted by Crippen LogP contribution is -2.60. The number of benzene rings is 1. The zero-order valence-electron chi connectivity index (χ0n) is 28.3. The number of aromatic hydroxyl groups is 1. The molecular formula is C32H46N8O10. The number of nitrogens with two attached hydrogens (primary N) is 1. The molecule has 2 rings (SSSR count). The smallest absolute Gasteiger partial charge is 0.326 e. The van der Waals surface area contributed by atoms with E-state index in [0.717, 1.165) is 0 Å². The Morgan fingerprint density at radius 2 is 1.32 bits per heavy atom. The molecular weight excluding hydrogens is 656 g/mol. The highest BCUT2D eigenvalue weighted by molar-refractivity contribution is 5.97. The molecule has 0 spiro atoms. The molecule has 50 heavy (non-hydrogen) atoms. The van der Waals surface area contributed by atoms with E-state index in [-0.39, 0.29) is 37.5 Å². The van der Waals surface area contributed by atoms with Crippen molar-refractivity contribution in [2.75, 3.05) is 6.54 Å². The molecule has 0 aliphatic carbocycles. The Kier molecular flexibility index (Phi) is 15.8. The number of H-pyrrole nitrogens is 1. The molecule has 18 nitrogen and oxygen atoms in total. The summed E-state index contributed by atoms with van der Waals surface area (Å²) in [6.07, 6.45) is 1.48. The van der Waals surface area contributed by atoms with Crippen molar-refractivity contribution in [1.29, 1.82) is 0 Å². The van der Waals surface area contributed by atoms with Crippen LogP contribution in [0.3, 0.4) is 0 Å². The third-order valence-corrected chi connectivity index (χ3v) is 7.41. The van der Waals surface area contributed by atoms with E-state index in [1.807, 2.05) is 0 Å². The molecule has 5 amide bonds. The summed E-state index contributed by atoms with van der Waals surface area (Å²) in [7, 11) is 0. The van der Waals surface area contributed by atoms with Crippen molar-refractivity contribution in [3.63, 3.8) is 0 Å². The van der Waals surface area contributed by atoms with Crippen LogP contribution in [-0.2, 0) is 46.4 Å². The maximum absolute atomic E-state index is 13.5. The van der Waals surface area contributed by atoms with Gasteiger partial charge in [0.2, 0.25) is 29.5 Å². The van der Waals surface area contributed by atoms with Gasteiger partial charge in [-0.25, -0.2) is 9.78 Å². The van der Waals surface area contributed by atoms with Crippen LogP contribution in [0.25, 0.3) is 0 Å². The molecule has 0 saturated carbocycles. The number of carboxylic acid groups (broad SMARTS) is 2. The molecule has 0 bridgehead atoms. The first-order valence-corrected chi connectivity index (χ1v) is 15.9. The van der Waals surface area contributed by atoms with Crippen LogP contribution in [0.4, 0.5) is 0 Å². The molecule has 1 heterocycles. The SMILES string of the molecule is CC(C)C[C@H](NC(=O)[C@@H](NC(=O)CN)C(C)C)C(=O)N[C@@H](CC(=O)O)C(=O)N[C@@H](Cc1cnc[nH]1)C(=O)N[C@@H](Cc1ccc(O)cc1)C(=O)O. The van der Waals surface area contributed by atoms with Crippen LogP contribution < -0.4 is 32.3 Å². The lowest BCUT2D eigenvalue weighted by atomic mass is 9.99. The summed E-state index contributed by atoms with van der Waals surface area (Å²) < 4.78 is 0. The maximum atomic E-state index is 13.5. The molecule has 11 N–H and O–H groups in total. The van der Waals surface area contributed by atoms with Gasteiger partial charge in [-0.2, -0.15) is 0 Å². The van der Waals surface area contributed by atoms with E-state index >= 15 is 0 Å². The van der Waals surface area contributed by atoms with Gasteiger partial charge in [0.15, 0.2) is 0 Å². The topological polar surface area (TPSA) is 295 Å². The van der Waals surface area contributed by atoms with Gasteiger partial charge in [-0.3, -0.25) is 28.8 Å². The Balaban J connectivity index is 2.30. The molecule has 0 aliphatic heterocycles. The van der Waals surface area contributed by atoms with Crippen molar-refractivity contribution in [2.45, 2.75) is 83.6 Å². The molecule has 1 aromatic heterocycles. The van der Waals surface area contributed by atoms with E-state index in [4.69, 9.17) is 5.73 Å². The second kappa shape index (κ2) is 19.5. The normalized spacial score (nSPS) is 14.1. The second-order valence-corrected chi connectivity index (χ2v) is 12.5. The fraction of sp³-hybridized carbons (Fsp3) is 0.500. The quantitative estimate of drug-likeness (QED) is 0.0758. The van der Waals surface area contributed by atoms with E-state index in [1.54, 1.807) is 27.7 Å². The monoisotopic (exact) mass is 702 g/mol. The van der Waals surface area contributed by atoms with Crippen molar-refractivity contribution in [3.05, 3.63) is 48.0 Å². The van der Waals surface area contributed by atoms with E-state index in [1.165, 1.54) is 36.8 Å². The third-order valence-electron chi connectivity index (χ3n) is 7.41. The van der Waals surface area contributed by atoms with Crippen molar-refractivity contribution >= 4 is 41.5 Å². The van der Waals surface area contributed by atoms with E-state index in [9.17, 15) is 48.9 Å². The number of nitrogens with zero attached hydrogens (tertiary/aromatic N) is 1. The molecule has 1 aromatic carbocycles. The number of hydrogen-bond acceptors (Lipinski definition) is 10. The van der Waals surface area contributed by atoms with Gasteiger partial charge >= 0.3 is 11.9 Å². The minimum Gasteiger partial charge on any atom is -0.508 e. The van der Waals surface area contributed by atoms with Crippen molar-refractivity contribution in [2.24, 2.45) is 17.6 Å². The van der Waals surface area contributed by atoms with Gasteiger partial charge in [0.25, 0.3) is 0 Å². The van der Waals surface area contributed by atoms with Gasteiger partial charge in [0.05, 0.1) is 19.3 Å². The highest BCUT2D eigenvalue weighted by Crippen LogP contribution is 2.13. The van der Waals surface area contributed by atoms with Gasteiger partial charge in [0, 0.05) is 24.7 Å². The number of carbonyl (C=O) groups excluding carboxylic acids is 5. The van der Waals surface area contributed by atoms with Crippen LogP contribution in [0, 0.1) is 11.8 Å².